The Balaban J connectivity index is 2.23. The Bertz CT molecular complexity index is 647. The third-order valence-corrected chi connectivity index (χ3v) is 3.37. The Labute approximate surface area is 112 Å². The Morgan fingerprint density at radius 1 is 1.26 bits per heavy atom. The van der Waals surface area contributed by atoms with Gasteiger partial charge in [0.2, 0.25) is 0 Å². The van der Waals surface area contributed by atoms with Gasteiger partial charge in [0.25, 0.3) is 0 Å². The molecule has 0 saturated carbocycles. The zero-order chi connectivity index (χ0) is 13.2. The van der Waals surface area contributed by atoms with Crippen LogP contribution in [-0.4, -0.2) is 6.23 Å². The Morgan fingerprint density at radius 2 is 2.11 bits per heavy atom. The maximum atomic E-state index is 9.37. The van der Waals surface area contributed by atoms with Crippen molar-refractivity contribution in [3.8, 4) is 11.8 Å². The highest BCUT2D eigenvalue weighted by molar-refractivity contribution is 5.90. The van der Waals surface area contributed by atoms with Crippen molar-refractivity contribution in [2.24, 2.45) is 5.73 Å². The maximum absolute atomic E-state index is 9.37. The molecule has 0 fully saturated rings. The summed E-state index contributed by atoms with van der Waals surface area (Å²) >= 11 is 0. The number of fused-ring (bicyclic) bond motifs is 1. The molecule has 3 rings (SSSR count). The minimum absolute atomic E-state index is 0.497. The molecule has 0 amide bonds. The second-order valence-electron chi connectivity index (χ2n) is 4.57. The summed E-state index contributed by atoms with van der Waals surface area (Å²) < 4.78 is 5.60. The van der Waals surface area contributed by atoms with E-state index in [9.17, 15) is 5.26 Å². The van der Waals surface area contributed by atoms with Crippen molar-refractivity contribution in [2.75, 3.05) is 0 Å². The normalized spacial score (nSPS) is 21.3. The van der Waals surface area contributed by atoms with Gasteiger partial charge in [-0.15, -0.1) is 0 Å². The zero-order valence-corrected chi connectivity index (χ0v) is 10.5. The van der Waals surface area contributed by atoms with Gasteiger partial charge in [-0.2, -0.15) is 5.26 Å². The molecule has 1 aliphatic carbocycles. The van der Waals surface area contributed by atoms with Gasteiger partial charge in [-0.1, -0.05) is 36.4 Å². The van der Waals surface area contributed by atoms with E-state index in [1.807, 2.05) is 24.3 Å². The molecule has 19 heavy (non-hydrogen) atoms. The number of allylic oxidation sites excluding steroid dienone is 5. The fraction of sp³-hybridized carbons (Fsp3) is 0.188. The van der Waals surface area contributed by atoms with Gasteiger partial charge < -0.3 is 4.74 Å². The molecule has 3 heteroatoms. The van der Waals surface area contributed by atoms with Crippen LogP contribution in [0.5, 0.6) is 5.75 Å². The Hall–Kier alpha value is -2.31. The summed E-state index contributed by atoms with van der Waals surface area (Å²) in [5.74, 6) is 0.740. The fourth-order valence-electron chi connectivity index (χ4n) is 2.49. The molecule has 94 valence electrons. The molecule has 1 atom stereocenters. The summed E-state index contributed by atoms with van der Waals surface area (Å²) in [7, 11) is 0. The fourth-order valence-corrected chi connectivity index (χ4v) is 2.49. The number of nitrogens with zero attached hydrogens (tertiary/aromatic N) is 1. The first-order chi connectivity index (χ1) is 9.31. The van der Waals surface area contributed by atoms with E-state index in [-0.39, 0.29) is 0 Å². The van der Waals surface area contributed by atoms with E-state index >= 15 is 0 Å². The van der Waals surface area contributed by atoms with Crippen molar-refractivity contribution < 1.29 is 4.74 Å². The summed E-state index contributed by atoms with van der Waals surface area (Å²) in [5, 5.41) is 9.37. The van der Waals surface area contributed by atoms with Crippen LogP contribution in [0, 0.1) is 11.3 Å². The van der Waals surface area contributed by atoms with Crippen molar-refractivity contribution in [3.05, 3.63) is 59.2 Å². The van der Waals surface area contributed by atoms with E-state index in [0.717, 1.165) is 35.3 Å². The first-order valence-corrected chi connectivity index (χ1v) is 6.34. The molecule has 0 saturated heterocycles. The minimum atomic E-state index is -0.689. The summed E-state index contributed by atoms with van der Waals surface area (Å²) in [5.41, 5.74) is 9.36. The van der Waals surface area contributed by atoms with Crippen molar-refractivity contribution in [1.29, 1.82) is 5.26 Å². The number of hydrogen-bond acceptors (Lipinski definition) is 3. The van der Waals surface area contributed by atoms with Gasteiger partial charge in [-0.05, 0) is 24.5 Å². The molecule has 0 radical (unpaired) electrons. The second-order valence-corrected chi connectivity index (χ2v) is 4.57. The average molecular weight is 250 g/mol. The van der Waals surface area contributed by atoms with Gasteiger partial charge in [0, 0.05) is 11.1 Å². The molecule has 0 bridgehead atoms. The van der Waals surface area contributed by atoms with Crippen LogP contribution in [0.4, 0.5) is 0 Å². The van der Waals surface area contributed by atoms with Crippen LogP contribution in [0.15, 0.2) is 53.6 Å². The number of benzene rings is 1. The van der Waals surface area contributed by atoms with Crippen LogP contribution < -0.4 is 10.5 Å². The van der Waals surface area contributed by atoms with Crippen molar-refractivity contribution in [2.45, 2.75) is 19.1 Å². The van der Waals surface area contributed by atoms with Crippen LogP contribution in [0.25, 0.3) is 5.57 Å². The van der Waals surface area contributed by atoms with Crippen LogP contribution in [0.1, 0.15) is 18.4 Å². The van der Waals surface area contributed by atoms with Gasteiger partial charge in [-0.3, -0.25) is 5.73 Å². The molecule has 2 aliphatic rings. The van der Waals surface area contributed by atoms with Crippen LogP contribution in [0.2, 0.25) is 0 Å². The molecule has 2 N–H and O–H groups in total. The Morgan fingerprint density at radius 3 is 2.84 bits per heavy atom. The molecular weight excluding hydrogens is 236 g/mol. The SMILES string of the molecule is N#CC1=C(C2=CCCC=C2)c2ccccc2OC1N. The predicted molar refractivity (Wildman–Crippen MR) is 74.0 cm³/mol. The van der Waals surface area contributed by atoms with Gasteiger partial charge in [0.05, 0.1) is 5.57 Å². The number of nitrogens with two attached hydrogens (primary N) is 1. The molecule has 1 aromatic carbocycles. The quantitative estimate of drug-likeness (QED) is 0.833. The third kappa shape index (κ3) is 1.96. The van der Waals surface area contributed by atoms with Crippen LogP contribution in [0.3, 0.4) is 0 Å². The molecule has 3 nitrogen and oxygen atoms in total. The van der Waals surface area contributed by atoms with Gasteiger partial charge >= 0.3 is 0 Å². The lowest BCUT2D eigenvalue weighted by atomic mass is 9.87. The van der Waals surface area contributed by atoms with Crippen molar-refractivity contribution in [1.82, 2.24) is 0 Å². The number of ether oxygens (including phenoxy) is 1. The minimum Gasteiger partial charge on any atom is -0.470 e. The summed E-state index contributed by atoms with van der Waals surface area (Å²) in [6.45, 7) is 0. The summed E-state index contributed by atoms with van der Waals surface area (Å²) in [4.78, 5) is 0. The van der Waals surface area contributed by atoms with E-state index in [0.29, 0.717) is 5.57 Å². The first kappa shape index (κ1) is 11.8. The summed E-state index contributed by atoms with van der Waals surface area (Å²) in [6, 6.07) is 9.91. The molecule has 0 aromatic heterocycles. The average Bonchev–Trinajstić information content (AvgIpc) is 2.46. The summed E-state index contributed by atoms with van der Waals surface area (Å²) in [6.07, 6.45) is 7.69. The lowest BCUT2D eigenvalue weighted by Gasteiger charge is -2.26. The monoisotopic (exact) mass is 250 g/mol. The topological polar surface area (TPSA) is 59.0 Å². The van der Waals surface area contributed by atoms with E-state index < -0.39 is 6.23 Å². The molecule has 1 heterocycles. The van der Waals surface area contributed by atoms with E-state index in [4.69, 9.17) is 10.5 Å². The number of para-hydroxylation sites is 1. The second kappa shape index (κ2) is 4.75. The smallest absolute Gasteiger partial charge is 0.184 e. The lowest BCUT2D eigenvalue weighted by Crippen LogP contribution is -2.33. The molecule has 0 spiro atoms. The lowest BCUT2D eigenvalue weighted by molar-refractivity contribution is 0.245. The molecule has 1 aliphatic heterocycles. The molecule has 1 unspecified atom stereocenters. The van der Waals surface area contributed by atoms with Crippen LogP contribution in [-0.2, 0) is 0 Å². The highest BCUT2D eigenvalue weighted by atomic mass is 16.5. The number of rotatable bonds is 1. The first-order valence-electron chi connectivity index (χ1n) is 6.34. The highest BCUT2D eigenvalue weighted by Crippen LogP contribution is 2.39. The van der Waals surface area contributed by atoms with Gasteiger partial charge in [0.15, 0.2) is 6.23 Å². The number of nitriles is 1. The largest absolute Gasteiger partial charge is 0.470 e. The number of hydrogen-bond donors (Lipinski definition) is 1. The van der Waals surface area contributed by atoms with E-state index in [1.165, 1.54) is 0 Å². The van der Waals surface area contributed by atoms with E-state index in [1.54, 1.807) is 0 Å². The predicted octanol–water partition coefficient (Wildman–Crippen LogP) is 2.92. The molecule has 1 aromatic rings. The van der Waals surface area contributed by atoms with Crippen molar-refractivity contribution >= 4 is 5.57 Å². The third-order valence-electron chi connectivity index (χ3n) is 3.37. The van der Waals surface area contributed by atoms with E-state index in [2.05, 4.69) is 24.3 Å². The van der Waals surface area contributed by atoms with Gasteiger partial charge in [-0.25, -0.2) is 0 Å². The Kier molecular flexibility index (Phi) is 2.94. The standard InChI is InChI=1S/C16H14N2O/c17-10-13-15(11-6-2-1-3-7-11)12-8-4-5-9-14(12)19-16(13)18/h2,4-9,16H,1,3,18H2. The zero-order valence-electron chi connectivity index (χ0n) is 10.5. The molecular formula is C16H14N2O. The van der Waals surface area contributed by atoms with Gasteiger partial charge in [0.1, 0.15) is 11.8 Å². The van der Waals surface area contributed by atoms with Crippen molar-refractivity contribution in [3.63, 3.8) is 0 Å². The highest BCUT2D eigenvalue weighted by Gasteiger charge is 2.27. The van der Waals surface area contributed by atoms with Crippen LogP contribution >= 0.6 is 0 Å². The maximum Gasteiger partial charge on any atom is 0.184 e.